The number of benzene rings is 1. The van der Waals surface area contributed by atoms with Crippen LogP contribution in [0.4, 0.5) is 0 Å². The number of thiazole rings is 1. The van der Waals surface area contributed by atoms with Crippen molar-refractivity contribution in [2.24, 2.45) is 21.0 Å². The third-order valence-corrected chi connectivity index (χ3v) is 6.89. The zero-order chi connectivity index (χ0) is 26.0. The van der Waals surface area contributed by atoms with E-state index in [1.54, 1.807) is 6.92 Å². The number of ether oxygens (including phenoxy) is 1. The first-order chi connectivity index (χ1) is 16.3. The number of hydrogen-bond donors (Lipinski definition) is 0. The monoisotopic (exact) mass is 493 g/mol. The lowest BCUT2D eigenvalue weighted by Crippen LogP contribution is -2.29. The van der Waals surface area contributed by atoms with Crippen LogP contribution in [0.25, 0.3) is 0 Å². The molecule has 0 aliphatic heterocycles. The Morgan fingerprint density at radius 1 is 0.971 bits per heavy atom. The van der Waals surface area contributed by atoms with E-state index in [0.29, 0.717) is 39.7 Å². The average Bonchev–Trinajstić information content (AvgIpc) is 3.07. The molecule has 0 saturated carbocycles. The first-order valence-electron chi connectivity index (χ1n) is 11.8. The molecular formula is C28H35N3O3S. The Morgan fingerprint density at radius 2 is 1.54 bits per heavy atom. The van der Waals surface area contributed by atoms with E-state index in [1.165, 1.54) is 11.3 Å². The molecule has 1 aromatic carbocycles. The Kier molecular flexibility index (Phi) is 7.80. The van der Waals surface area contributed by atoms with Crippen molar-refractivity contribution in [3.63, 3.8) is 0 Å². The second kappa shape index (κ2) is 10.3. The second-order valence-corrected chi connectivity index (χ2v) is 11.6. The number of allylic oxidation sites excluding steroid dienone is 4. The molecule has 6 nitrogen and oxygen atoms in total. The zero-order valence-electron chi connectivity index (χ0n) is 21.9. The number of carbonyl (C=O) groups excluding carboxylic acids is 2. The van der Waals surface area contributed by atoms with Gasteiger partial charge in [0.15, 0.2) is 5.78 Å². The number of esters is 1. The number of hydrogen-bond acceptors (Lipinski definition) is 6. The lowest BCUT2D eigenvalue weighted by Gasteiger charge is -2.30. The highest BCUT2D eigenvalue weighted by atomic mass is 32.1. The molecule has 2 aromatic rings. The Balaban J connectivity index is 2.17. The fraction of sp³-hybridized carbons (Fsp3) is 0.429. The normalized spacial score (nSPS) is 15.1. The van der Waals surface area contributed by atoms with Crippen LogP contribution in [0, 0.1) is 17.8 Å². The molecule has 0 bridgehead atoms. The summed E-state index contributed by atoms with van der Waals surface area (Å²) < 4.78 is 7.24. The standard InChI is InChI=1S/C28H35N3O3S/c1-9-34-25(33)24-18(2)31(17-19-13-11-10-12-14-19)26(35-24)30-29-20-15-21(27(3,4)5)23(32)22(16-20)28(6,7)8/h10-16H,9,17H2,1-8H3/b30-26+. The largest absolute Gasteiger partial charge is 0.462 e. The van der Waals surface area contributed by atoms with Crippen LogP contribution in [0.15, 0.2) is 63.8 Å². The minimum absolute atomic E-state index is 0.0552. The Hall–Kier alpha value is -3.06. The minimum Gasteiger partial charge on any atom is -0.462 e. The number of ketones is 1. The minimum atomic E-state index is -0.362. The maximum atomic E-state index is 13.2. The topological polar surface area (TPSA) is 73.0 Å². The van der Waals surface area contributed by atoms with Gasteiger partial charge in [-0.25, -0.2) is 4.79 Å². The molecular weight excluding hydrogens is 458 g/mol. The summed E-state index contributed by atoms with van der Waals surface area (Å²) in [6, 6.07) is 10.0. The van der Waals surface area contributed by atoms with Gasteiger partial charge in [0.1, 0.15) is 4.88 Å². The van der Waals surface area contributed by atoms with Crippen molar-refractivity contribution >= 4 is 28.8 Å². The third-order valence-electron chi connectivity index (χ3n) is 5.74. The average molecular weight is 494 g/mol. The van der Waals surface area contributed by atoms with Crippen molar-refractivity contribution in [3.8, 4) is 0 Å². The fourth-order valence-corrected chi connectivity index (χ4v) is 4.76. The van der Waals surface area contributed by atoms with Gasteiger partial charge in [-0.2, -0.15) is 0 Å². The SMILES string of the molecule is CCOC(=O)c1s/c(=N/N=C2C=C(C(C)(C)C)C(=O)C(C(C)(C)C)=C2)n(Cc2ccccc2)c1C. The molecule has 186 valence electrons. The fourth-order valence-electron chi connectivity index (χ4n) is 3.78. The van der Waals surface area contributed by atoms with Crippen LogP contribution < -0.4 is 4.80 Å². The number of rotatable bonds is 5. The van der Waals surface area contributed by atoms with Gasteiger partial charge in [-0.05, 0) is 42.4 Å². The highest BCUT2D eigenvalue weighted by Gasteiger charge is 2.34. The van der Waals surface area contributed by atoms with Crippen molar-refractivity contribution in [1.29, 1.82) is 0 Å². The molecule has 0 unspecified atom stereocenters. The summed E-state index contributed by atoms with van der Waals surface area (Å²) in [7, 11) is 0. The van der Waals surface area contributed by atoms with E-state index in [9.17, 15) is 9.59 Å². The number of aromatic nitrogens is 1. The van der Waals surface area contributed by atoms with Gasteiger partial charge in [0.25, 0.3) is 0 Å². The van der Waals surface area contributed by atoms with E-state index in [-0.39, 0.29) is 22.6 Å². The van der Waals surface area contributed by atoms with Crippen molar-refractivity contribution < 1.29 is 14.3 Å². The predicted molar refractivity (Wildman–Crippen MR) is 142 cm³/mol. The van der Waals surface area contributed by atoms with Crippen LogP contribution in [0.1, 0.15) is 69.4 Å². The van der Waals surface area contributed by atoms with E-state index < -0.39 is 0 Å². The molecule has 3 rings (SSSR count). The smallest absolute Gasteiger partial charge is 0.350 e. The lowest BCUT2D eigenvalue weighted by molar-refractivity contribution is -0.114. The van der Waals surface area contributed by atoms with E-state index in [2.05, 4.69) is 10.2 Å². The van der Waals surface area contributed by atoms with Gasteiger partial charge in [0.05, 0.1) is 18.9 Å². The van der Waals surface area contributed by atoms with Crippen LogP contribution in [-0.4, -0.2) is 28.6 Å². The maximum Gasteiger partial charge on any atom is 0.350 e. The van der Waals surface area contributed by atoms with Gasteiger partial charge in [-0.1, -0.05) is 83.2 Å². The number of Topliss-reactive ketones (excluding diaryl/α,β-unsaturated/α-hetero) is 1. The molecule has 35 heavy (non-hydrogen) atoms. The quantitative estimate of drug-likeness (QED) is 0.297. The first-order valence-corrected chi connectivity index (χ1v) is 12.7. The van der Waals surface area contributed by atoms with Crippen LogP contribution in [0.2, 0.25) is 0 Å². The molecule has 7 heteroatoms. The highest BCUT2D eigenvalue weighted by molar-refractivity contribution is 7.11. The van der Waals surface area contributed by atoms with Gasteiger partial charge in [0, 0.05) is 16.8 Å². The summed E-state index contributed by atoms with van der Waals surface area (Å²) >= 11 is 1.26. The Labute approximate surface area is 211 Å². The van der Waals surface area contributed by atoms with E-state index in [0.717, 1.165) is 11.3 Å². The number of carbonyl (C=O) groups is 2. The highest BCUT2D eigenvalue weighted by Crippen LogP contribution is 2.37. The van der Waals surface area contributed by atoms with Gasteiger partial charge >= 0.3 is 5.97 Å². The molecule has 0 saturated heterocycles. The molecule has 0 radical (unpaired) electrons. The molecule has 0 fully saturated rings. The second-order valence-electron chi connectivity index (χ2n) is 10.7. The van der Waals surface area contributed by atoms with Crippen LogP contribution in [-0.2, 0) is 16.1 Å². The summed E-state index contributed by atoms with van der Waals surface area (Å²) in [4.78, 5) is 26.9. The summed E-state index contributed by atoms with van der Waals surface area (Å²) in [6.07, 6.45) is 3.66. The van der Waals surface area contributed by atoms with Crippen molar-refractivity contribution in [3.05, 3.63) is 74.6 Å². The number of nitrogens with zero attached hydrogens (tertiary/aromatic N) is 3. The molecule has 0 spiro atoms. The summed E-state index contributed by atoms with van der Waals surface area (Å²) in [5, 5.41) is 9.12. The van der Waals surface area contributed by atoms with Crippen molar-refractivity contribution in [1.82, 2.24) is 4.57 Å². The molecule has 0 N–H and O–H groups in total. The van der Waals surface area contributed by atoms with Gasteiger partial charge < -0.3 is 9.30 Å². The molecule has 0 amide bonds. The molecule has 1 aliphatic rings. The van der Waals surface area contributed by atoms with Gasteiger partial charge in [-0.15, -0.1) is 10.2 Å². The zero-order valence-corrected chi connectivity index (χ0v) is 22.7. The summed E-state index contributed by atoms with van der Waals surface area (Å²) in [5.74, 6) is -0.307. The van der Waals surface area contributed by atoms with Crippen LogP contribution >= 0.6 is 11.3 Å². The Morgan fingerprint density at radius 3 is 2.06 bits per heavy atom. The summed E-state index contributed by atoms with van der Waals surface area (Å²) in [5.41, 5.74) is 3.27. The first kappa shape index (κ1) is 26.5. The van der Waals surface area contributed by atoms with Crippen LogP contribution in [0.5, 0.6) is 0 Å². The van der Waals surface area contributed by atoms with Gasteiger partial charge in [0.2, 0.25) is 4.80 Å². The molecule has 1 aromatic heterocycles. The predicted octanol–water partition coefficient (Wildman–Crippen LogP) is 5.87. The van der Waals surface area contributed by atoms with E-state index in [4.69, 9.17) is 4.74 Å². The Bertz CT molecular complexity index is 1240. The molecule has 0 atom stereocenters. The van der Waals surface area contributed by atoms with E-state index in [1.807, 2.05) is 95.5 Å². The van der Waals surface area contributed by atoms with Crippen molar-refractivity contribution in [2.45, 2.75) is 61.9 Å². The lowest BCUT2D eigenvalue weighted by atomic mass is 9.72. The third kappa shape index (κ3) is 6.14. The van der Waals surface area contributed by atoms with Gasteiger partial charge in [-0.3, -0.25) is 4.79 Å². The van der Waals surface area contributed by atoms with E-state index >= 15 is 0 Å². The molecule has 1 heterocycles. The van der Waals surface area contributed by atoms with Crippen LogP contribution in [0.3, 0.4) is 0 Å². The summed E-state index contributed by atoms with van der Waals surface area (Å²) in [6.45, 7) is 16.7. The molecule has 1 aliphatic carbocycles. The maximum absolute atomic E-state index is 13.2. The van der Waals surface area contributed by atoms with Crippen molar-refractivity contribution in [2.75, 3.05) is 6.61 Å².